The fourth-order valence-electron chi connectivity index (χ4n) is 4.55. The van der Waals surface area contributed by atoms with Crippen molar-refractivity contribution in [2.24, 2.45) is 0 Å². The average molecular weight is 562 g/mol. The molecule has 1 aromatic rings. The fraction of sp³-hybridized carbons (Fsp3) is 0.609. The number of hydrogen-bond acceptors (Lipinski definition) is 9. The molecule has 2 fully saturated rings. The number of aliphatic hydroxyl groups is 1. The summed E-state index contributed by atoms with van der Waals surface area (Å²) in [5.41, 5.74) is -3.57. The number of rotatable bonds is 6. The van der Waals surface area contributed by atoms with Crippen LogP contribution in [0, 0.1) is 0 Å². The molecule has 204 valence electrons. The van der Waals surface area contributed by atoms with E-state index < -0.39 is 27.4 Å². The van der Waals surface area contributed by atoms with E-state index in [4.69, 9.17) is 17.0 Å². The molecule has 4 rings (SSSR count). The van der Waals surface area contributed by atoms with Gasteiger partial charge in [0.25, 0.3) is 0 Å². The second kappa shape index (κ2) is 10.7. The molecular formula is C23H30F3N5O4S2. The Morgan fingerprint density at radius 3 is 2.54 bits per heavy atom. The standard InChI is InChI=1S/C23H30F3N5O4S2/c1-16-15-35-10-9-29(16)13-18-14-30(37(33,34)20-6-4-3-5-19(20)36)7-8-31(18)21-27-11-17(12-28-21)22(2,32)23(24,25)26/h3-4,6,11-12,16,18,32H,5,7-10,13-15H2,1-2H3/t16-,18-,22-/m0/s1. The van der Waals surface area contributed by atoms with E-state index >= 15 is 0 Å². The van der Waals surface area contributed by atoms with E-state index in [-0.39, 0.29) is 42.6 Å². The molecule has 37 heavy (non-hydrogen) atoms. The molecule has 0 amide bonds. The van der Waals surface area contributed by atoms with Crippen LogP contribution in [0.25, 0.3) is 0 Å². The number of anilines is 1. The van der Waals surface area contributed by atoms with Crippen molar-refractivity contribution in [3.63, 3.8) is 0 Å². The van der Waals surface area contributed by atoms with Gasteiger partial charge in [-0.25, -0.2) is 18.4 Å². The third-order valence-electron chi connectivity index (χ3n) is 6.98. The second-order valence-electron chi connectivity index (χ2n) is 9.56. The Kier molecular flexibility index (Phi) is 8.08. The Labute approximate surface area is 219 Å². The summed E-state index contributed by atoms with van der Waals surface area (Å²) in [7, 11) is -3.84. The highest BCUT2D eigenvalue weighted by Crippen LogP contribution is 2.38. The van der Waals surface area contributed by atoms with Crippen molar-refractivity contribution in [2.75, 3.05) is 50.8 Å². The van der Waals surface area contributed by atoms with E-state index in [1.54, 1.807) is 12.2 Å². The Hall–Kier alpha value is -1.97. The zero-order valence-corrected chi connectivity index (χ0v) is 22.2. The van der Waals surface area contributed by atoms with Crippen molar-refractivity contribution in [3.8, 4) is 0 Å². The summed E-state index contributed by atoms with van der Waals surface area (Å²) in [6.45, 7) is 5.38. The van der Waals surface area contributed by atoms with Gasteiger partial charge in [-0.05, 0) is 19.9 Å². The first-order chi connectivity index (χ1) is 17.3. The molecule has 0 unspecified atom stereocenters. The van der Waals surface area contributed by atoms with E-state index in [0.29, 0.717) is 44.5 Å². The van der Waals surface area contributed by atoms with Crippen LogP contribution in [0.4, 0.5) is 19.1 Å². The van der Waals surface area contributed by atoms with Gasteiger partial charge in [0.1, 0.15) is 0 Å². The molecule has 2 saturated heterocycles. The molecule has 0 radical (unpaired) electrons. The van der Waals surface area contributed by atoms with Gasteiger partial charge >= 0.3 is 6.18 Å². The highest BCUT2D eigenvalue weighted by Gasteiger charge is 2.51. The van der Waals surface area contributed by atoms with Crippen LogP contribution in [0.15, 0.2) is 35.5 Å². The van der Waals surface area contributed by atoms with Crippen molar-refractivity contribution >= 4 is 33.1 Å². The molecule has 0 bridgehead atoms. The highest BCUT2D eigenvalue weighted by atomic mass is 32.2. The lowest BCUT2D eigenvalue weighted by Gasteiger charge is -2.44. The molecule has 3 atom stereocenters. The van der Waals surface area contributed by atoms with Gasteiger partial charge in [0, 0.05) is 68.0 Å². The van der Waals surface area contributed by atoms with Gasteiger partial charge in [-0.2, -0.15) is 17.5 Å². The Morgan fingerprint density at radius 1 is 1.22 bits per heavy atom. The maximum absolute atomic E-state index is 13.5. The molecule has 0 saturated carbocycles. The Bertz CT molecular complexity index is 1170. The summed E-state index contributed by atoms with van der Waals surface area (Å²) in [5.74, 6) is 0.167. The quantitative estimate of drug-likeness (QED) is 0.523. The SMILES string of the molecule is C[C@H]1COCCN1C[C@H]1CN(S(=O)(=O)C2=CC=CCC2=S)CCN1c1ncc([C@](C)(O)C(F)(F)F)cn1. The number of halogens is 3. The molecule has 0 spiro atoms. The number of sulfonamides is 1. The lowest BCUT2D eigenvalue weighted by atomic mass is 9.99. The number of ether oxygens (including phenoxy) is 1. The lowest BCUT2D eigenvalue weighted by molar-refractivity contribution is -0.259. The molecule has 1 N–H and O–H groups in total. The number of allylic oxidation sites excluding steroid dienone is 4. The number of thiocarbonyl (C=S) groups is 1. The van der Waals surface area contributed by atoms with Crippen molar-refractivity contribution in [2.45, 2.75) is 44.1 Å². The fourth-order valence-corrected chi connectivity index (χ4v) is 6.62. The topological polar surface area (TPSA) is 99.1 Å². The largest absolute Gasteiger partial charge is 0.421 e. The predicted molar refractivity (Wildman–Crippen MR) is 136 cm³/mol. The van der Waals surface area contributed by atoms with E-state index in [9.17, 15) is 26.7 Å². The van der Waals surface area contributed by atoms with Crippen molar-refractivity contribution in [3.05, 3.63) is 41.1 Å². The highest BCUT2D eigenvalue weighted by molar-refractivity contribution is 7.96. The molecule has 1 aromatic heterocycles. The summed E-state index contributed by atoms with van der Waals surface area (Å²) in [5, 5.41) is 9.96. The van der Waals surface area contributed by atoms with Crippen LogP contribution in [-0.4, -0.2) is 102 Å². The minimum absolute atomic E-state index is 0.103. The first kappa shape index (κ1) is 28.0. The van der Waals surface area contributed by atoms with Gasteiger partial charge in [0.05, 0.1) is 24.2 Å². The molecule has 14 heteroatoms. The summed E-state index contributed by atoms with van der Waals surface area (Å²) in [6.07, 6.45) is 2.42. The van der Waals surface area contributed by atoms with Crippen LogP contribution in [-0.2, 0) is 20.4 Å². The number of piperazine rings is 1. The number of aromatic nitrogens is 2. The zero-order valence-electron chi connectivity index (χ0n) is 20.6. The third-order valence-corrected chi connectivity index (χ3v) is 9.45. The minimum atomic E-state index is -4.89. The molecule has 9 nitrogen and oxygen atoms in total. The normalized spacial score (nSPS) is 26.2. The van der Waals surface area contributed by atoms with Gasteiger partial charge < -0.3 is 14.7 Å². The number of alkyl halides is 3. The van der Waals surface area contributed by atoms with Crippen LogP contribution in [0.5, 0.6) is 0 Å². The minimum Gasteiger partial charge on any atom is -0.379 e. The Morgan fingerprint density at radius 2 is 1.92 bits per heavy atom. The van der Waals surface area contributed by atoms with Crippen LogP contribution in [0.1, 0.15) is 25.8 Å². The summed E-state index contributed by atoms with van der Waals surface area (Å²) in [4.78, 5) is 12.8. The second-order valence-corrected chi connectivity index (χ2v) is 12.0. The van der Waals surface area contributed by atoms with Crippen LogP contribution < -0.4 is 4.90 Å². The molecular weight excluding hydrogens is 531 g/mol. The van der Waals surface area contributed by atoms with E-state index in [2.05, 4.69) is 14.9 Å². The van der Waals surface area contributed by atoms with Crippen LogP contribution >= 0.6 is 12.2 Å². The van der Waals surface area contributed by atoms with Crippen molar-refractivity contribution < 1.29 is 31.4 Å². The Balaban J connectivity index is 1.61. The van der Waals surface area contributed by atoms with Crippen molar-refractivity contribution in [1.82, 2.24) is 19.2 Å². The van der Waals surface area contributed by atoms with Gasteiger partial charge in [0.15, 0.2) is 5.60 Å². The van der Waals surface area contributed by atoms with E-state index in [1.165, 1.54) is 10.4 Å². The van der Waals surface area contributed by atoms with Gasteiger partial charge in [0.2, 0.25) is 16.0 Å². The van der Waals surface area contributed by atoms with Crippen LogP contribution in [0.2, 0.25) is 0 Å². The molecule has 2 aliphatic heterocycles. The van der Waals surface area contributed by atoms with Crippen LogP contribution in [0.3, 0.4) is 0 Å². The molecule has 1 aliphatic carbocycles. The first-order valence-corrected chi connectivity index (χ1v) is 13.8. The maximum Gasteiger partial charge on any atom is 0.421 e. The smallest absolute Gasteiger partial charge is 0.379 e. The lowest BCUT2D eigenvalue weighted by Crippen LogP contribution is -2.60. The summed E-state index contributed by atoms with van der Waals surface area (Å²) >= 11 is 5.31. The maximum atomic E-state index is 13.5. The van der Waals surface area contributed by atoms with Gasteiger partial charge in [-0.3, -0.25) is 4.90 Å². The van der Waals surface area contributed by atoms with Gasteiger partial charge in [-0.15, -0.1) is 0 Å². The number of nitrogens with zero attached hydrogens (tertiary/aromatic N) is 5. The average Bonchev–Trinajstić information content (AvgIpc) is 2.85. The third kappa shape index (κ3) is 5.73. The predicted octanol–water partition coefficient (Wildman–Crippen LogP) is 2.00. The molecule has 3 aliphatic rings. The first-order valence-electron chi connectivity index (χ1n) is 11.9. The molecule has 3 heterocycles. The van der Waals surface area contributed by atoms with Crippen molar-refractivity contribution in [1.29, 1.82) is 0 Å². The zero-order chi connectivity index (χ0) is 27.0. The number of hydrogen-bond donors (Lipinski definition) is 1. The van der Waals surface area contributed by atoms with E-state index in [0.717, 1.165) is 12.4 Å². The molecule has 0 aromatic carbocycles. The van der Waals surface area contributed by atoms with Gasteiger partial charge in [-0.1, -0.05) is 24.4 Å². The number of morpholine rings is 1. The monoisotopic (exact) mass is 561 g/mol. The summed E-state index contributed by atoms with van der Waals surface area (Å²) < 4.78 is 73.6. The van der Waals surface area contributed by atoms with E-state index in [1.807, 2.05) is 11.8 Å². The summed E-state index contributed by atoms with van der Waals surface area (Å²) in [6, 6.07) is -0.280.